The topological polar surface area (TPSA) is 69.8 Å². The zero-order chi connectivity index (χ0) is 16.2. The van der Waals surface area contributed by atoms with E-state index in [1.165, 1.54) is 0 Å². The maximum absolute atomic E-state index is 12.5. The molecule has 2 aromatic rings. The lowest BCUT2D eigenvalue weighted by Crippen LogP contribution is -2.51. The molecular formula is C18H21N3O2. The van der Waals surface area contributed by atoms with E-state index in [1.54, 1.807) is 17.0 Å². The van der Waals surface area contributed by atoms with E-state index in [1.807, 2.05) is 42.5 Å². The number of phenols is 1. The van der Waals surface area contributed by atoms with Gasteiger partial charge in [0.2, 0.25) is 5.91 Å². The van der Waals surface area contributed by atoms with Crippen LogP contribution < -0.4 is 10.6 Å². The van der Waals surface area contributed by atoms with Gasteiger partial charge >= 0.3 is 0 Å². The molecule has 0 saturated carbocycles. The summed E-state index contributed by atoms with van der Waals surface area (Å²) in [6, 6.07) is 16.1. The Kier molecular flexibility index (Phi) is 4.48. The largest absolute Gasteiger partial charge is 0.506 e. The van der Waals surface area contributed by atoms with Crippen LogP contribution in [0.25, 0.3) is 0 Å². The summed E-state index contributed by atoms with van der Waals surface area (Å²) in [7, 11) is 0. The van der Waals surface area contributed by atoms with E-state index in [0.717, 1.165) is 11.3 Å². The Hall–Kier alpha value is -2.53. The second-order valence-electron chi connectivity index (χ2n) is 5.69. The first-order valence-electron chi connectivity index (χ1n) is 7.79. The summed E-state index contributed by atoms with van der Waals surface area (Å²) in [6.07, 6.45) is 0. The standard InChI is InChI=1S/C18H21N3O2/c19-17(14-6-2-1-3-7-14)18(23)21-12-10-20(11-13-21)15-8-4-5-9-16(15)22/h1-9,17,22H,10-13,19H2. The summed E-state index contributed by atoms with van der Waals surface area (Å²) >= 11 is 0. The van der Waals surface area contributed by atoms with Gasteiger partial charge in [0.25, 0.3) is 0 Å². The molecule has 1 aliphatic rings. The van der Waals surface area contributed by atoms with Crippen LogP contribution in [0, 0.1) is 0 Å². The van der Waals surface area contributed by atoms with Crippen molar-refractivity contribution in [2.45, 2.75) is 6.04 Å². The van der Waals surface area contributed by atoms with E-state index in [4.69, 9.17) is 5.73 Å². The average Bonchev–Trinajstić information content (AvgIpc) is 2.62. The predicted octanol–water partition coefficient (Wildman–Crippen LogP) is 1.74. The molecule has 1 fully saturated rings. The lowest BCUT2D eigenvalue weighted by atomic mass is 10.1. The normalized spacial score (nSPS) is 16.2. The van der Waals surface area contributed by atoms with Crippen LogP contribution >= 0.6 is 0 Å². The first-order chi connectivity index (χ1) is 11.2. The third-order valence-electron chi connectivity index (χ3n) is 4.24. The van der Waals surface area contributed by atoms with Crippen LogP contribution in [0.3, 0.4) is 0 Å². The molecule has 1 aliphatic heterocycles. The van der Waals surface area contributed by atoms with Gasteiger partial charge in [-0.3, -0.25) is 4.79 Å². The summed E-state index contributed by atoms with van der Waals surface area (Å²) in [5.41, 5.74) is 7.74. The molecule has 1 unspecified atom stereocenters. The van der Waals surface area contributed by atoms with Crippen molar-refractivity contribution in [3.63, 3.8) is 0 Å². The number of para-hydroxylation sites is 2. The van der Waals surface area contributed by atoms with Crippen LogP contribution in [-0.4, -0.2) is 42.1 Å². The van der Waals surface area contributed by atoms with Gasteiger partial charge in [-0.2, -0.15) is 0 Å². The van der Waals surface area contributed by atoms with E-state index < -0.39 is 6.04 Å². The summed E-state index contributed by atoms with van der Waals surface area (Å²) in [5, 5.41) is 9.93. The molecule has 3 N–H and O–H groups in total. The van der Waals surface area contributed by atoms with Crippen LogP contribution in [0.15, 0.2) is 54.6 Å². The minimum absolute atomic E-state index is 0.0480. The Morgan fingerprint density at radius 2 is 1.57 bits per heavy atom. The van der Waals surface area contributed by atoms with Gasteiger partial charge in [-0.05, 0) is 17.7 Å². The Balaban J connectivity index is 1.63. The first kappa shape index (κ1) is 15.4. The molecule has 0 spiro atoms. The van der Waals surface area contributed by atoms with E-state index in [9.17, 15) is 9.90 Å². The highest BCUT2D eigenvalue weighted by Crippen LogP contribution is 2.27. The van der Waals surface area contributed by atoms with Crippen molar-refractivity contribution in [2.24, 2.45) is 5.73 Å². The number of carbonyl (C=O) groups is 1. The fourth-order valence-corrected chi connectivity index (χ4v) is 2.90. The predicted molar refractivity (Wildman–Crippen MR) is 90.3 cm³/mol. The Labute approximate surface area is 135 Å². The molecule has 5 heteroatoms. The number of hydrogen-bond donors (Lipinski definition) is 2. The summed E-state index contributed by atoms with van der Waals surface area (Å²) in [4.78, 5) is 16.4. The highest BCUT2D eigenvalue weighted by atomic mass is 16.3. The smallest absolute Gasteiger partial charge is 0.244 e. The molecule has 5 nitrogen and oxygen atoms in total. The summed E-state index contributed by atoms with van der Waals surface area (Å²) < 4.78 is 0. The number of rotatable bonds is 3. The number of piperazine rings is 1. The molecule has 1 saturated heterocycles. The maximum atomic E-state index is 12.5. The number of hydrogen-bond acceptors (Lipinski definition) is 4. The second kappa shape index (κ2) is 6.71. The van der Waals surface area contributed by atoms with Crippen molar-refractivity contribution >= 4 is 11.6 Å². The van der Waals surface area contributed by atoms with Crippen molar-refractivity contribution in [2.75, 3.05) is 31.1 Å². The van der Waals surface area contributed by atoms with Gasteiger partial charge < -0.3 is 20.6 Å². The van der Waals surface area contributed by atoms with Crippen molar-refractivity contribution in [3.8, 4) is 5.75 Å². The van der Waals surface area contributed by atoms with Crippen LogP contribution in [0.2, 0.25) is 0 Å². The maximum Gasteiger partial charge on any atom is 0.244 e. The summed E-state index contributed by atoms with van der Waals surface area (Å²) in [5.74, 6) is 0.224. The van der Waals surface area contributed by atoms with Crippen LogP contribution in [0.4, 0.5) is 5.69 Å². The summed E-state index contributed by atoms with van der Waals surface area (Å²) in [6.45, 7) is 2.58. The number of anilines is 1. The average molecular weight is 311 g/mol. The highest BCUT2D eigenvalue weighted by molar-refractivity contribution is 5.83. The zero-order valence-corrected chi connectivity index (χ0v) is 12.9. The Morgan fingerprint density at radius 3 is 2.22 bits per heavy atom. The minimum Gasteiger partial charge on any atom is -0.506 e. The molecule has 1 amide bonds. The number of phenolic OH excluding ortho intramolecular Hbond substituents is 1. The van der Waals surface area contributed by atoms with Gasteiger partial charge in [0.05, 0.1) is 5.69 Å². The van der Waals surface area contributed by atoms with Crippen molar-refractivity contribution in [1.29, 1.82) is 0 Å². The lowest BCUT2D eigenvalue weighted by molar-refractivity contribution is -0.133. The Bertz CT molecular complexity index is 667. The van der Waals surface area contributed by atoms with Crippen LogP contribution in [0.1, 0.15) is 11.6 Å². The van der Waals surface area contributed by atoms with E-state index in [-0.39, 0.29) is 11.7 Å². The third kappa shape index (κ3) is 3.29. The molecule has 0 aliphatic carbocycles. The van der Waals surface area contributed by atoms with Crippen LogP contribution in [-0.2, 0) is 4.79 Å². The number of aromatic hydroxyl groups is 1. The third-order valence-corrected chi connectivity index (χ3v) is 4.24. The van der Waals surface area contributed by atoms with E-state index >= 15 is 0 Å². The number of amides is 1. The SMILES string of the molecule is NC(C(=O)N1CCN(c2ccccc2O)CC1)c1ccccc1. The quantitative estimate of drug-likeness (QED) is 0.906. The number of carbonyl (C=O) groups excluding carboxylic acids is 1. The first-order valence-corrected chi connectivity index (χ1v) is 7.79. The lowest BCUT2D eigenvalue weighted by Gasteiger charge is -2.37. The molecule has 23 heavy (non-hydrogen) atoms. The van der Waals surface area contributed by atoms with Crippen molar-refractivity contribution in [1.82, 2.24) is 4.90 Å². The van der Waals surface area contributed by atoms with Gasteiger partial charge in [0.1, 0.15) is 11.8 Å². The molecule has 1 heterocycles. The molecule has 0 aromatic heterocycles. The number of nitrogens with two attached hydrogens (primary N) is 1. The molecule has 1 atom stereocenters. The minimum atomic E-state index is -0.618. The van der Waals surface area contributed by atoms with E-state index in [0.29, 0.717) is 26.2 Å². The zero-order valence-electron chi connectivity index (χ0n) is 12.9. The molecule has 0 bridgehead atoms. The van der Waals surface area contributed by atoms with E-state index in [2.05, 4.69) is 4.90 Å². The van der Waals surface area contributed by atoms with Gasteiger partial charge in [-0.25, -0.2) is 0 Å². The van der Waals surface area contributed by atoms with Crippen molar-refractivity contribution in [3.05, 3.63) is 60.2 Å². The molecule has 120 valence electrons. The van der Waals surface area contributed by atoms with Crippen molar-refractivity contribution < 1.29 is 9.90 Å². The second-order valence-corrected chi connectivity index (χ2v) is 5.69. The molecule has 2 aromatic carbocycles. The van der Waals surface area contributed by atoms with Gasteiger partial charge in [-0.1, -0.05) is 42.5 Å². The van der Waals surface area contributed by atoms with Gasteiger partial charge in [0, 0.05) is 26.2 Å². The monoisotopic (exact) mass is 311 g/mol. The molecule has 0 radical (unpaired) electrons. The molecular weight excluding hydrogens is 290 g/mol. The number of benzene rings is 2. The fourth-order valence-electron chi connectivity index (χ4n) is 2.90. The van der Waals surface area contributed by atoms with Gasteiger partial charge in [-0.15, -0.1) is 0 Å². The Morgan fingerprint density at radius 1 is 0.957 bits per heavy atom. The van der Waals surface area contributed by atoms with Gasteiger partial charge in [0.15, 0.2) is 0 Å². The van der Waals surface area contributed by atoms with Crippen LogP contribution in [0.5, 0.6) is 5.75 Å². The highest BCUT2D eigenvalue weighted by Gasteiger charge is 2.26. The molecule has 3 rings (SSSR count). The number of nitrogens with zero attached hydrogens (tertiary/aromatic N) is 2. The fraction of sp³-hybridized carbons (Fsp3) is 0.278.